The molecule has 1 aromatic heterocycles. The molecule has 0 aliphatic carbocycles. The first-order valence-electron chi connectivity index (χ1n) is 9.45. The van der Waals surface area contributed by atoms with E-state index in [1.807, 2.05) is 0 Å². The summed E-state index contributed by atoms with van der Waals surface area (Å²) in [5, 5.41) is 11.2. The van der Waals surface area contributed by atoms with Crippen molar-refractivity contribution in [1.82, 2.24) is 14.5 Å². The second-order valence-electron chi connectivity index (χ2n) is 7.02. The Kier molecular flexibility index (Phi) is 6.07. The summed E-state index contributed by atoms with van der Waals surface area (Å²) in [5.41, 5.74) is 0.516. The van der Waals surface area contributed by atoms with Crippen LogP contribution in [0.2, 0.25) is 5.02 Å². The third-order valence-electron chi connectivity index (χ3n) is 5.05. The van der Waals surface area contributed by atoms with Crippen LogP contribution in [0, 0.1) is 12.7 Å². The molecule has 0 radical (unpaired) electrons. The van der Waals surface area contributed by atoms with Crippen LogP contribution in [0.25, 0.3) is 0 Å². The quantitative estimate of drug-likeness (QED) is 0.583. The molecule has 0 saturated carbocycles. The smallest absolute Gasteiger partial charge is 0.286 e. The van der Waals surface area contributed by atoms with Crippen molar-refractivity contribution in [2.45, 2.75) is 30.7 Å². The Labute approximate surface area is 187 Å². The Morgan fingerprint density at radius 1 is 1.23 bits per heavy atom. The van der Waals surface area contributed by atoms with Crippen molar-refractivity contribution in [2.24, 2.45) is 0 Å². The average molecular weight is 481 g/mol. The zero-order chi connectivity index (χ0) is 22.2. The van der Waals surface area contributed by atoms with Gasteiger partial charge in [0.05, 0.1) is 16.6 Å². The zero-order valence-corrected chi connectivity index (χ0v) is 18.8. The number of carbonyl (C=O) groups is 1. The molecule has 1 fully saturated rings. The first kappa shape index (κ1) is 21.8. The van der Waals surface area contributed by atoms with Crippen LogP contribution in [0.4, 0.5) is 10.1 Å². The monoisotopic (exact) mass is 480 g/mol. The van der Waals surface area contributed by atoms with E-state index in [0.29, 0.717) is 35.0 Å². The molecule has 7 nitrogen and oxygen atoms in total. The van der Waals surface area contributed by atoms with E-state index in [1.54, 1.807) is 25.1 Å². The number of aromatic nitrogens is 2. The molecule has 0 spiro atoms. The lowest BCUT2D eigenvalue weighted by Gasteiger charge is -2.23. The van der Waals surface area contributed by atoms with E-state index in [-0.39, 0.29) is 15.6 Å². The molecule has 3 aromatic rings. The minimum absolute atomic E-state index is 0.0291. The van der Waals surface area contributed by atoms with Crippen molar-refractivity contribution in [2.75, 3.05) is 11.9 Å². The fourth-order valence-electron chi connectivity index (χ4n) is 3.47. The van der Waals surface area contributed by atoms with Crippen molar-refractivity contribution in [3.63, 3.8) is 0 Å². The van der Waals surface area contributed by atoms with Crippen molar-refractivity contribution < 1.29 is 17.6 Å². The number of nitrogens with zero attached hydrogens (tertiary/aromatic N) is 3. The molecule has 2 heterocycles. The summed E-state index contributed by atoms with van der Waals surface area (Å²) in [4.78, 5) is 12.6. The molecule has 0 bridgehead atoms. The van der Waals surface area contributed by atoms with Gasteiger partial charge in [0, 0.05) is 11.6 Å². The van der Waals surface area contributed by atoms with Gasteiger partial charge in [-0.25, -0.2) is 12.8 Å². The molecule has 162 valence electrons. The number of carbonyl (C=O) groups excluding carboxylic acids is 1. The fraction of sp³-hybridized carbons (Fsp3) is 0.250. The van der Waals surface area contributed by atoms with Gasteiger partial charge in [0.25, 0.3) is 5.91 Å². The summed E-state index contributed by atoms with van der Waals surface area (Å²) in [6, 6.07) is 10.0. The van der Waals surface area contributed by atoms with Crippen LogP contribution in [0.15, 0.2) is 47.4 Å². The second kappa shape index (κ2) is 8.62. The molecule has 1 unspecified atom stereocenters. The van der Waals surface area contributed by atoms with Crippen LogP contribution in [0.1, 0.15) is 39.3 Å². The summed E-state index contributed by atoms with van der Waals surface area (Å²) in [5.74, 6) is -1.17. The maximum Gasteiger partial charge on any atom is 0.286 e. The molecule has 1 amide bonds. The number of benzene rings is 2. The van der Waals surface area contributed by atoms with E-state index >= 15 is 0 Å². The normalized spacial score (nSPS) is 17.1. The van der Waals surface area contributed by atoms with Crippen molar-refractivity contribution >= 4 is 44.6 Å². The number of nitrogens with one attached hydrogen (secondary N) is 1. The van der Waals surface area contributed by atoms with E-state index in [9.17, 15) is 17.6 Å². The third kappa shape index (κ3) is 4.20. The molecular weight excluding hydrogens is 463 g/mol. The first-order valence-corrected chi connectivity index (χ1v) is 12.1. The minimum Gasteiger partial charge on any atom is -0.317 e. The Bertz CT molecular complexity index is 1250. The fourth-order valence-corrected chi connectivity index (χ4v) is 6.56. The molecule has 1 saturated heterocycles. The minimum atomic E-state index is -3.82. The largest absolute Gasteiger partial charge is 0.317 e. The molecule has 2 aromatic carbocycles. The lowest BCUT2D eigenvalue weighted by molar-refractivity contribution is 0.102. The van der Waals surface area contributed by atoms with E-state index < -0.39 is 27.8 Å². The van der Waals surface area contributed by atoms with Gasteiger partial charge in [0.1, 0.15) is 10.8 Å². The number of hydrogen-bond acceptors (Lipinski definition) is 6. The number of para-hydroxylation sites is 1. The van der Waals surface area contributed by atoms with E-state index in [1.165, 1.54) is 28.6 Å². The third-order valence-corrected chi connectivity index (χ3v) is 8.54. The van der Waals surface area contributed by atoms with Crippen LogP contribution >= 0.6 is 22.9 Å². The summed E-state index contributed by atoms with van der Waals surface area (Å²) < 4.78 is 41.8. The second-order valence-corrected chi connectivity index (χ2v) is 10.3. The van der Waals surface area contributed by atoms with Gasteiger partial charge in [0.15, 0.2) is 0 Å². The van der Waals surface area contributed by atoms with Crippen LogP contribution in [0.5, 0.6) is 0 Å². The van der Waals surface area contributed by atoms with Crippen molar-refractivity contribution in [3.8, 4) is 0 Å². The van der Waals surface area contributed by atoms with Crippen LogP contribution in [-0.2, 0) is 10.0 Å². The summed E-state index contributed by atoms with van der Waals surface area (Å²) in [7, 11) is -3.82. The number of halogens is 2. The Morgan fingerprint density at radius 2 is 2.00 bits per heavy atom. The van der Waals surface area contributed by atoms with Gasteiger partial charge in [-0.05, 0) is 49.6 Å². The molecule has 11 heteroatoms. The lowest BCUT2D eigenvalue weighted by atomic mass is 10.2. The number of anilines is 1. The number of amides is 1. The van der Waals surface area contributed by atoms with Crippen LogP contribution in [0.3, 0.4) is 0 Å². The standard InChI is InChI=1S/C20H18ClFN4O3S2/c1-12-13(21)6-4-10-17(12)31(28,29)26-11-5-9-16(26)19-24-25-20(30-19)18(27)23-15-8-3-2-7-14(15)22/h2-4,6-8,10,16H,5,9,11H2,1H3,(H,23,27). The van der Waals surface area contributed by atoms with Crippen LogP contribution in [-0.4, -0.2) is 35.4 Å². The number of sulfonamides is 1. The topological polar surface area (TPSA) is 92.3 Å². The lowest BCUT2D eigenvalue weighted by Crippen LogP contribution is -2.31. The van der Waals surface area contributed by atoms with Crippen LogP contribution < -0.4 is 5.32 Å². The predicted molar refractivity (Wildman–Crippen MR) is 116 cm³/mol. The average Bonchev–Trinajstić information content (AvgIpc) is 3.41. The highest BCUT2D eigenvalue weighted by Crippen LogP contribution is 2.39. The van der Waals surface area contributed by atoms with Gasteiger partial charge in [-0.1, -0.05) is 41.1 Å². The molecule has 1 atom stereocenters. The molecule has 4 rings (SSSR count). The van der Waals surface area contributed by atoms with Gasteiger partial charge in [-0.15, -0.1) is 10.2 Å². The van der Waals surface area contributed by atoms with Gasteiger partial charge in [-0.3, -0.25) is 4.79 Å². The van der Waals surface area contributed by atoms with Crippen molar-refractivity contribution in [1.29, 1.82) is 0 Å². The number of hydrogen-bond donors (Lipinski definition) is 1. The van der Waals surface area contributed by atoms with Crippen molar-refractivity contribution in [3.05, 3.63) is 68.9 Å². The molecule has 31 heavy (non-hydrogen) atoms. The van der Waals surface area contributed by atoms with Gasteiger partial charge in [-0.2, -0.15) is 4.31 Å². The Hall–Kier alpha value is -2.40. The molecule has 1 aliphatic rings. The summed E-state index contributed by atoms with van der Waals surface area (Å²) in [6.07, 6.45) is 1.21. The highest BCUT2D eigenvalue weighted by atomic mass is 35.5. The first-order chi connectivity index (χ1) is 14.8. The maximum absolute atomic E-state index is 13.8. The molecule has 1 N–H and O–H groups in total. The van der Waals surface area contributed by atoms with Gasteiger partial charge >= 0.3 is 0 Å². The van der Waals surface area contributed by atoms with E-state index in [2.05, 4.69) is 15.5 Å². The summed E-state index contributed by atoms with van der Waals surface area (Å²) in [6.45, 7) is 1.99. The highest BCUT2D eigenvalue weighted by Gasteiger charge is 2.39. The maximum atomic E-state index is 13.8. The Morgan fingerprint density at radius 3 is 2.77 bits per heavy atom. The SMILES string of the molecule is Cc1c(Cl)cccc1S(=O)(=O)N1CCCC1c1nnc(C(=O)Nc2ccccc2F)s1. The summed E-state index contributed by atoms with van der Waals surface area (Å²) >= 11 is 7.12. The predicted octanol–water partition coefficient (Wildman–Crippen LogP) is 4.42. The zero-order valence-electron chi connectivity index (χ0n) is 16.4. The van der Waals surface area contributed by atoms with E-state index in [0.717, 1.165) is 11.3 Å². The number of rotatable bonds is 5. The van der Waals surface area contributed by atoms with Gasteiger partial charge in [0.2, 0.25) is 15.0 Å². The Balaban J connectivity index is 1.59. The van der Waals surface area contributed by atoms with Gasteiger partial charge < -0.3 is 5.32 Å². The molecule has 1 aliphatic heterocycles. The molecular formula is C20H18ClFN4O3S2. The van der Waals surface area contributed by atoms with E-state index in [4.69, 9.17) is 11.6 Å². The highest BCUT2D eigenvalue weighted by molar-refractivity contribution is 7.89.